The third-order valence-electron chi connectivity index (χ3n) is 3.20. The summed E-state index contributed by atoms with van der Waals surface area (Å²) < 4.78 is 26.9. The van der Waals surface area contributed by atoms with Crippen LogP contribution in [0.1, 0.15) is 13.3 Å². The molecule has 1 heterocycles. The summed E-state index contributed by atoms with van der Waals surface area (Å²) in [6.45, 7) is 2.59. The number of hydrogen-bond donors (Lipinski definition) is 1. The second-order valence-electron chi connectivity index (χ2n) is 4.72. The Labute approximate surface area is 136 Å². The van der Waals surface area contributed by atoms with E-state index >= 15 is 0 Å². The van der Waals surface area contributed by atoms with Gasteiger partial charge in [-0.2, -0.15) is 5.26 Å². The summed E-state index contributed by atoms with van der Waals surface area (Å²) in [7, 11) is -3.66. The van der Waals surface area contributed by atoms with Crippen molar-refractivity contribution >= 4 is 21.5 Å². The summed E-state index contributed by atoms with van der Waals surface area (Å²) in [5.41, 5.74) is 0.617. The van der Waals surface area contributed by atoms with E-state index in [9.17, 15) is 8.42 Å². The highest BCUT2D eigenvalue weighted by Gasteiger charge is 2.23. The molecule has 0 aliphatic rings. The molecule has 2 aromatic rings. The minimum atomic E-state index is -3.66. The van der Waals surface area contributed by atoms with Crippen LogP contribution in [-0.4, -0.2) is 26.5 Å². The molecule has 0 saturated heterocycles. The highest BCUT2D eigenvalue weighted by Crippen LogP contribution is 2.23. The summed E-state index contributed by atoms with van der Waals surface area (Å²) in [6.07, 6.45) is 1.69. The zero-order valence-corrected chi connectivity index (χ0v) is 13.6. The number of para-hydroxylation sites is 1. The molecule has 23 heavy (non-hydrogen) atoms. The van der Waals surface area contributed by atoms with Crippen LogP contribution in [0.5, 0.6) is 0 Å². The molecule has 0 aliphatic heterocycles. The van der Waals surface area contributed by atoms with Crippen molar-refractivity contribution in [3.8, 4) is 6.07 Å². The zero-order chi connectivity index (χ0) is 16.7. The first-order valence-corrected chi connectivity index (χ1v) is 8.68. The molecule has 120 valence electrons. The summed E-state index contributed by atoms with van der Waals surface area (Å²) in [4.78, 5) is 4.23. The van der Waals surface area contributed by atoms with E-state index in [1.807, 2.05) is 12.1 Å². The van der Waals surface area contributed by atoms with Gasteiger partial charge in [-0.3, -0.25) is 4.31 Å². The Morgan fingerprint density at radius 2 is 1.96 bits per heavy atom. The fraction of sp³-hybridized carbons (Fsp3) is 0.250. The van der Waals surface area contributed by atoms with E-state index in [-0.39, 0.29) is 4.90 Å². The Morgan fingerprint density at radius 1 is 1.22 bits per heavy atom. The first-order chi connectivity index (χ1) is 11.1. The molecule has 2 rings (SSSR count). The average molecular weight is 330 g/mol. The van der Waals surface area contributed by atoms with E-state index in [0.717, 1.165) is 0 Å². The van der Waals surface area contributed by atoms with Crippen LogP contribution in [0.15, 0.2) is 53.6 Å². The Hall–Kier alpha value is -2.59. The van der Waals surface area contributed by atoms with Gasteiger partial charge in [-0.1, -0.05) is 18.2 Å². The van der Waals surface area contributed by atoms with Gasteiger partial charge in [0.25, 0.3) is 10.0 Å². The molecule has 1 N–H and O–H groups in total. The number of benzene rings is 1. The molecule has 1 aromatic heterocycles. The molecule has 0 spiro atoms. The topological polar surface area (TPSA) is 86.1 Å². The summed E-state index contributed by atoms with van der Waals surface area (Å²) in [5.74, 6) is 0.543. The van der Waals surface area contributed by atoms with E-state index in [1.54, 1.807) is 37.3 Å². The van der Waals surface area contributed by atoms with Crippen LogP contribution in [0.4, 0.5) is 11.5 Å². The van der Waals surface area contributed by atoms with Crippen LogP contribution in [0.2, 0.25) is 0 Å². The molecule has 0 fully saturated rings. The first-order valence-electron chi connectivity index (χ1n) is 7.24. The first kappa shape index (κ1) is 16.8. The Bertz CT molecular complexity index is 768. The van der Waals surface area contributed by atoms with Crippen LogP contribution in [0.3, 0.4) is 0 Å². The van der Waals surface area contributed by atoms with Gasteiger partial charge < -0.3 is 5.32 Å². The lowest BCUT2D eigenvalue weighted by Crippen LogP contribution is -2.30. The normalized spacial score (nSPS) is 10.8. The molecular weight excluding hydrogens is 312 g/mol. The second-order valence-corrected chi connectivity index (χ2v) is 6.58. The van der Waals surface area contributed by atoms with E-state index in [2.05, 4.69) is 10.3 Å². The predicted octanol–water partition coefficient (Wildman–Crippen LogP) is 2.62. The van der Waals surface area contributed by atoms with Crippen molar-refractivity contribution in [3.05, 3.63) is 48.7 Å². The lowest BCUT2D eigenvalue weighted by Gasteiger charge is -2.22. The quantitative estimate of drug-likeness (QED) is 0.789. The zero-order valence-electron chi connectivity index (χ0n) is 12.8. The maximum absolute atomic E-state index is 12.8. The third-order valence-corrected chi connectivity index (χ3v) is 5.09. The van der Waals surface area contributed by atoms with Crippen LogP contribution < -0.4 is 9.62 Å². The molecule has 0 aliphatic carbocycles. The number of rotatable bonds is 7. The average Bonchev–Trinajstić information content (AvgIpc) is 2.57. The van der Waals surface area contributed by atoms with Crippen molar-refractivity contribution in [2.75, 3.05) is 22.7 Å². The highest BCUT2D eigenvalue weighted by molar-refractivity contribution is 7.92. The molecule has 0 bridgehead atoms. The lowest BCUT2D eigenvalue weighted by molar-refractivity contribution is 0.591. The maximum atomic E-state index is 12.8. The number of hydrogen-bond acceptors (Lipinski definition) is 5. The third kappa shape index (κ3) is 3.99. The monoisotopic (exact) mass is 330 g/mol. The second kappa shape index (κ2) is 7.61. The number of anilines is 2. The van der Waals surface area contributed by atoms with Gasteiger partial charge in [0.05, 0.1) is 18.2 Å². The van der Waals surface area contributed by atoms with Gasteiger partial charge in [-0.25, -0.2) is 13.4 Å². The summed E-state index contributed by atoms with van der Waals surface area (Å²) in [6, 6.07) is 14.1. The molecule has 0 unspecified atom stereocenters. The minimum Gasteiger partial charge on any atom is -0.369 e. The van der Waals surface area contributed by atoms with Gasteiger partial charge in [0.15, 0.2) is 0 Å². The van der Waals surface area contributed by atoms with Gasteiger partial charge in [-0.15, -0.1) is 0 Å². The molecule has 6 nitrogen and oxygen atoms in total. The fourth-order valence-electron chi connectivity index (χ4n) is 2.10. The number of pyridine rings is 1. The van der Waals surface area contributed by atoms with E-state index in [1.165, 1.54) is 16.6 Å². The highest BCUT2D eigenvalue weighted by atomic mass is 32.2. The SMILES string of the molecule is CCN(c1ccccc1)S(=O)(=O)c1ccc(NCCC#N)nc1. The summed E-state index contributed by atoms with van der Waals surface area (Å²) in [5, 5.41) is 11.5. The van der Waals surface area contributed by atoms with Gasteiger partial charge in [-0.05, 0) is 31.2 Å². The molecule has 7 heteroatoms. The number of aromatic nitrogens is 1. The minimum absolute atomic E-state index is 0.133. The predicted molar refractivity (Wildman–Crippen MR) is 89.6 cm³/mol. The lowest BCUT2D eigenvalue weighted by atomic mass is 10.3. The summed E-state index contributed by atoms with van der Waals surface area (Å²) >= 11 is 0. The van der Waals surface area contributed by atoms with Gasteiger partial charge in [0.2, 0.25) is 0 Å². The van der Waals surface area contributed by atoms with Gasteiger partial charge >= 0.3 is 0 Å². The standard InChI is InChI=1S/C16H18N4O2S/c1-2-20(14-7-4-3-5-8-14)23(21,22)15-9-10-16(19-13-15)18-12-6-11-17/h3-5,7-10,13H,2,6,12H2,1H3,(H,18,19). The maximum Gasteiger partial charge on any atom is 0.265 e. The van der Waals surface area contributed by atoms with Crippen molar-refractivity contribution in [1.82, 2.24) is 4.98 Å². The Kier molecular flexibility index (Phi) is 5.55. The van der Waals surface area contributed by atoms with Gasteiger partial charge in [0.1, 0.15) is 10.7 Å². The van der Waals surface area contributed by atoms with Crippen LogP contribution in [0.25, 0.3) is 0 Å². The molecular formula is C16H18N4O2S. The molecule has 0 atom stereocenters. The van der Waals surface area contributed by atoms with E-state index in [0.29, 0.717) is 31.0 Å². The van der Waals surface area contributed by atoms with E-state index < -0.39 is 10.0 Å². The number of nitrogens with one attached hydrogen (secondary N) is 1. The molecule has 0 saturated carbocycles. The number of nitrogens with zero attached hydrogens (tertiary/aromatic N) is 3. The Balaban J connectivity index is 2.23. The smallest absolute Gasteiger partial charge is 0.265 e. The fourth-order valence-corrected chi connectivity index (χ4v) is 3.52. The molecule has 1 aromatic carbocycles. The van der Waals surface area contributed by atoms with Crippen molar-refractivity contribution in [2.45, 2.75) is 18.2 Å². The van der Waals surface area contributed by atoms with Crippen LogP contribution in [0, 0.1) is 11.3 Å². The van der Waals surface area contributed by atoms with Crippen molar-refractivity contribution in [2.24, 2.45) is 0 Å². The van der Waals surface area contributed by atoms with E-state index in [4.69, 9.17) is 5.26 Å². The van der Waals surface area contributed by atoms with Crippen LogP contribution >= 0.6 is 0 Å². The Morgan fingerprint density at radius 3 is 2.52 bits per heavy atom. The largest absolute Gasteiger partial charge is 0.369 e. The van der Waals surface area contributed by atoms with Crippen molar-refractivity contribution in [1.29, 1.82) is 5.26 Å². The molecule has 0 amide bonds. The van der Waals surface area contributed by atoms with Crippen LogP contribution in [-0.2, 0) is 10.0 Å². The number of nitriles is 1. The molecule has 0 radical (unpaired) electrons. The van der Waals surface area contributed by atoms with Crippen molar-refractivity contribution < 1.29 is 8.42 Å². The number of sulfonamides is 1. The van der Waals surface area contributed by atoms with Gasteiger partial charge in [0, 0.05) is 19.3 Å². The van der Waals surface area contributed by atoms with Crippen molar-refractivity contribution in [3.63, 3.8) is 0 Å².